The second-order valence-electron chi connectivity index (χ2n) is 5.92. The number of aliphatic hydroxyl groups is 1. The van der Waals surface area contributed by atoms with Crippen LogP contribution in [0.3, 0.4) is 0 Å². The highest BCUT2D eigenvalue weighted by Gasteiger charge is 2.55. The van der Waals surface area contributed by atoms with E-state index in [2.05, 4.69) is 5.32 Å². The van der Waals surface area contributed by atoms with E-state index in [1.165, 1.54) is 12.1 Å². The smallest absolute Gasteiger partial charge is 0.381 e. The van der Waals surface area contributed by atoms with Crippen LogP contribution in [0, 0.1) is 5.92 Å². The van der Waals surface area contributed by atoms with E-state index in [4.69, 9.17) is 10.5 Å². The van der Waals surface area contributed by atoms with Crippen molar-refractivity contribution in [3.63, 3.8) is 0 Å². The summed E-state index contributed by atoms with van der Waals surface area (Å²) < 4.78 is 45.2. The van der Waals surface area contributed by atoms with Crippen molar-refractivity contribution in [1.82, 2.24) is 5.32 Å². The first kappa shape index (κ1) is 18.7. The van der Waals surface area contributed by atoms with Gasteiger partial charge in [0.15, 0.2) is 0 Å². The predicted molar refractivity (Wildman–Crippen MR) is 80.9 cm³/mol. The number of carbonyl (C=O) groups is 1. The second kappa shape index (κ2) is 7.50. The molecule has 5 nitrogen and oxygen atoms in total. The number of amides is 1. The molecule has 2 unspecified atom stereocenters. The molecule has 0 spiro atoms. The molecule has 1 amide bonds. The zero-order chi connectivity index (χ0) is 17.8. The quantitative estimate of drug-likeness (QED) is 0.750. The van der Waals surface area contributed by atoms with Crippen molar-refractivity contribution in [2.75, 3.05) is 19.8 Å². The summed E-state index contributed by atoms with van der Waals surface area (Å²) >= 11 is 0. The largest absolute Gasteiger partial charge is 0.423 e. The fraction of sp³-hybridized carbons (Fsp3) is 0.562. The van der Waals surface area contributed by atoms with Crippen LogP contribution in [0.25, 0.3) is 0 Å². The van der Waals surface area contributed by atoms with Gasteiger partial charge in [0.25, 0.3) is 0 Å². The minimum atomic E-state index is -4.94. The number of alkyl halides is 3. The second-order valence-corrected chi connectivity index (χ2v) is 5.92. The first-order valence-electron chi connectivity index (χ1n) is 7.71. The summed E-state index contributed by atoms with van der Waals surface area (Å²) in [4.78, 5) is 12.1. The van der Waals surface area contributed by atoms with Gasteiger partial charge in [0, 0.05) is 13.2 Å². The summed E-state index contributed by atoms with van der Waals surface area (Å²) in [6, 6.07) is 5.72. The molecule has 2 atom stereocenters. The summed E-state index contributed by atoms with van der Waals surface area (Å²) in [5.41, 5.74) is 2.34. The monoisotopic (exact) mass is 346 g/mol. The number of nitrogens with two attached hydrogens (primary N) is 1. The van der Waals surface area contributed by atoms with Gasteiger partial charge in [0.05, 0.1) is 12.6 Å². The summed E-state index contributed by atoms with van der Waals surface area (Å²) in [5.74, 6) is -0.852. The van der Waals surface area contributed by atoms with Gasteiger partial charge in [-0.25, -0.2) is 0 Å². The number of benzene rings is 1. The summed E-state index contributed by atoms with van der Waals surface area (Å²) in [6.45, 7) is -0.0411. The van der Waals surface area contributed by atoms with Gasteiger partial charge in [-0.3, -0.25) is 4.79 Å². The number of carbonyl (C=O) groups excluding carboxylic acids is 1. The van der Waals surface area contributed by atoms with Crippen LogP contribution < -0.4 is 11.1 Å². The van der Waals surface area contributed by atoms with Crippen molar-refractivity contribution in [2.24, 2.45) is 11.7 Å². The third-order valence-electron chi connectivity index (χ3n) is 4.32. The summed E-state index contributed by atoms with van der Waals surface area (Å²) in [7, 11) is 0. The van der Waals surface area contributed by atoms with Gasteiger partial charge in [-0.05, 0) is 24.3 Å². The molecule has 1 heterocycles. The lowest BCUT2D eigenvalue weighted by Crippen LogP contribution is -2.55. The van der Waals surface area contributed by atoms with Gasteiger partial charge >= 0.3 is 6.18 Å². The van der Waals surface area contributed by atoms with Crippen LogP contribution in [0.5, 0.6) is 0 Å². The molecular weight excluding hydrogens is 325 g/mol. The maximum atomic E-state index is 13.3. The zero-order valence-corrected chi connectivity index (χ0v) is 13.1. The highest BCUT2D eigenvalue weighted by atomic mass is 19.4. The minimum absolute atomic E-state index is 0.144. The molecule has 1 aromatic carbocycles. The van der Waals surface area contributed by atoms with Crippen LogP contribution in [-0.2, 0) is 15.1 Å². The van der Waals surface area contributed by atoms with E-state index in [1.54, 1.807) is 6.07 Å². The van der Waals surface area contributed by atoms with Crippen molar-refractivity contribution < 1.29 is 27.8 Å². The van der Waals surface area contributed by atoms with Crippen LogP contribution in [0.4, 0.5) is 13.2 Å². The summed E-state index contributed by atoms with van der Waals surface area (Å²) in [5, 5.41) is 12.3. The fourth-order valence-corrected chi connectivity index (χ4v) is 2.70. The van der Waals surface area contributed by atoms with E-state index in [0.29, 0.717) is 26.1 Å². The molecule has 1 aromatic rings. The Bertz CT molecular complexity index is 547. The Morgan fingerprint density at radius 3 is 2.42 bits per heavy atom. The third-order valence-corrected chi connectivity index (χ3v) is 4.32. The molecule has 1 fully saturated rings. The van der Waals surface area contributed by atoms with Crippen molar-refractivity contribution in [3.05, 3.63) is 35.9 Å². The Balaban J connectivity index is 2.06. The number of nitrogens with one attached hydrogen (secondary N) is 1. The number of ether oxygens (including phenoxy) is 1. The van der Waals surface area contributed by atoms with Crippen molar-refractivity contribution in [2.45, 2.75) is 30.7 Å². The van der Waals surface area contributed by atoms with Crippen LogP contribution >= 0.6 is 0 Å². The average Bonchev–Trinajstić information content (AvgIpc) is 2.59. The van der Waals surface area contributed by atoms with Crippen molar-refractivity contribution in [3.8, 4) is 0 Å². The van der Waals surface area contributed by atoms with Gasteiger partial charge in [0.2, 0.25) is 11.5 Å². The van der Waals surface area contributed by atoms with Gasteiger partial charge in [0.1, 0.15) is 0 Å². The normalized spacial score (nSPS) is 20.2. The maximum Gasteiger partial charge on any atom is 0.423 e. The molecule has 24 heavy (non-hydrogen) atoms. The van der Waals surface area contributed by atoms with Gasteiger partial charge in [-0.15, -0.1) is 0 Å². The zero-order valence-electron chi connectivity index (χ0n) is 13.1. The SMILES string of the molecule is NC(C(=O)NCC(O)(c1ccccc1)C(F)(F)F)C1CCOCC1. The van der Waals surface area contributed by atoms with Crippen LogP contribution in [0.2, 0.25) is 0 Å². The summed E-state index contributed by atoms with van der Waals surface area (Å²) in [6.07, 6.45) is -3.78. The van der Waals surface area contributed by atoms with Gasteiger partial charge in [-0.1, -0.05) is 30.3 Å². The molecule has 1 aliphatic rings. The molecule has 2 rings (SSSR count). The Morgan fingerprint density at radius 1 is 1.29 bits per heavy atom. The number of halogens is 3. The fourth-order valence-electron chi connectivity index (χ4n) is 2.70. The highest BCUT2D eigenvalue weighted by molar-refractivity contribution is 5.81. The predicted octanol–water partition coefficient (Wildman–Crippen LogP) is 1.31. The Morgan fingerprint density at radius 2 is 1.88 bits per heavy atom. The molecule has 0 radical (unpaired) electrons. The highest BCUT2D eigenvalue weighted by Crippen LogP contribution is 2.38. The standard InChI is InChI=1S/C16H21F3N2O3/c17-16(18,19)15(23,12-4-2-1-3-5-12)10-21-14(22)13(20)11-6-8-24-9-7-11/h1-5,11,13,23H,6-10,20H2,(H,21,22). The molecule has 0 aromatic heterocycles. The molecular formula is C16H21F3N2O3. The molecule has 1 aliphatic heterocycles. The molecule has 8 heteroatoms. The van der Waals surface area contributed by atoms with Gasteiger partial charge < -0.3 is 20.9 Å². The van der Waals surface area contributed by atoms with Crippen molar-refractivity contribution in [1.29, 1.82) is 0 Å². The molecule has 0 aliphatic carbocycles. The van der Waals surface area contributed by atoms with E-state index in [0.717, 1.165) is 12.1 Å². The molecule has 4 N–H and O–H groups in total. The Hall–Kier alpha value is -1.64. The molecule has 0 saturated carbocycles. The first-order valence-corrected chi connectivity index (χ1v) is 7.71. The Labute approximate surface area is 138 Å². The first-order chi connectivity index (χ1) is 11.3. The number of hydrogen-bond donors (Lipinski definition) is 3. The van der Waals surface area contributed by atoms with E-state index < -0.39 is 30.3 Å². The maximum absolute atomic E-state index is 13.3. The van der Waals surface area contributed by atoms with Crippen LogP contribution in [-0.4, -0.2) is 43.0 Å². The topological polar surface area (TPSA) is 84.6 Å². The molecule has 134 valence electrons. The van der Waals surface area contributed by atoms with Crippen LogP contribution in [0.1, 0.15) is 18.4 Å². The Kier molecular flexibility index (Phi) is 5.84. The average molecular weight is 346 g/mol. The van der Waals surface area contributed by atoms with E-state index in [1.807, 2.05) is 0 Å². The third kappa shape index (κ3) is 4.06. The van der Waals surface area contributed by atoms with Crippen LogP contribution in [0.15, 0.2) is 30.3 Å². The van der Waals surface area contributed by atoms with Crippen molar-refractivity contribution >= 4 is 5.91 Å². The van der Waals surface area contributed by atoms with E-state index in [-0.39, 0.29) is 11.5 Å². The molecule has 0 bridgehead atoms. The lowest BCUT2D eigenvalue weighted by Gasteiger charge is -2.32. The number of hydrogen-bond acceptors (Lipinski definition) is 4. The lowest BCUT2D eigenvalue weighted by atomic mass is 9.90. The van der Waals surface area contributed by atoms with Gasteiger partial charge in [-0.2, -0.15) is 13.2 Å². The molecule has 1 saturated heterocycles. The lowest BCUT2D eigenvalue weighted by molar-refractivity contribution is -0.264. The van der Waals surface area contributed by atoms with E-state index in [9.17, 15) is 23.1 Å². The van der Waals surface area contributed by atoms with E-state index >= 15 is 0 Å². The minimum Gasteiger partial charge on any atom is -0.381 e. The number of rotatable bonds is 5.